The molecule has 0 N–H and O–H groups in total. The number of anilines is 1. The van der Waals surface area contributed by atoms with Crippen LogP contribution in [0.25, 0.3) is 17.1 Å². The second kappa shape index (κ2) is 7.98. The highest BCUT2D eigenvalue weighted by molar-refractivity contribution is 5.93. The molecule has 4 aromatic rings. The number of piperazine rings is 1. The van der Waals surface area contributed by atoms with Crippen LogP contribution in [0, 0.1) is 6.92 Å². The van der Waals surface area contributed by atoms with Crippen molar-refractivity contribution in [2.75, 3.05) is 31.1 Å². The molecule has 0 aliphatic carbocycles. The van der Waals surface area contributed by atoms with E-state index in [1.165, 1.54) is 0 Å². The van der Waals surface area contributed by atoms with E-state index in [-0.39, 0.29) is 5.91 Å². The highest BCUT2D eigenvalue weighted by Crippen LogP contribution is 2.21. The summed E-state index contributed by atoms with van der Waals surface area (Å²) in [6, 6.07) is 9.10. The first-order valence-electron chi connectivity index (χ1n) is 9.94. The van der Waals surface area contributed by atoms with Crippen LogP contribution < -0.4 is 4.90 Å². The molecule has 10 heteroatoms. The fourth-order valence-corrected chi connectivity index (χ4v) is 3.54. The summed E-state index contributed by atoms with van der Waals surface area (Å²) in [7, 11) is 0. The van der Waals surface area contributed by atoms with E-state index in [0.29, 0.717) is 43.5 Å². The molecule has 0 aromatic carbocycles. The summed E-state index contributed by atoms with van der Waals surface area (Å²) in [5, 5.41) is 8.20. The van der Waals surface area contributed by atoms with Crippen LogP contribution in [0.5, 0.6) is 0 Å². The van der Waals surface area contributed by atoms with Gasteiger partial charge in [-0.15, -0.1) is 0 Å². The van der Waals surface area contributed by atoms with Crippen molar-refractivity contribution >= 4 is 11.7 Å². The molecule has 0 radical (unpaired) electrons. The minimum atomic E-state index is -0.144. The Labute approximate surface area is 178 Å². The van der Waals surface area contributed by atoms with Crippen LogP contribution in [0.2, 0.25) is 0 Å². The van der Waals surface area contributed by atoms with E-state index in [0.717, 1.165) is 17.2 Å². The molecule has 31 heavy (non-hydrogen) atoms. The van der Waals surface area contributed by atoms with Gasteiger partial charge in [0.1, 0.15) is 11.6 Å². The summed E-state index contributed by atoms with van der Waals surface area (Å²) >= 11 is 0. The molecule has 1 aliphatic heterocycles. The van der Waals surface area contributed by atoms with Crippen LogP contribution in [0.15, 0.2) is 59.6 Å². The second-order valence-corrected chi connectivity index (χ2v) is 7.18. The summed E-state index contributed by atoms with van der Waals surface area (Å²) in [6.07, 6.45) is 6.92. The molecule has 4 aromatic heterocycles. The van der Waals surface area contributed by atoms with Crippen molar-refractivity contribution < 1.29 is 9.32 Å². The Morgan fingerprint density at radius 2 is 1.87 bits per heavy atom. The van der Waals surface area contributed by atoms with Crippen LogP contribution in [-0.4, -0.2) is 66.9 Å². The molecule has 10 nitrogen and oxygen atoms in total. The van der Waals surface area contributed by atoms with Gasteiger partial charge >= 0.3 is 0 Å². The van der Waals surface area contributed by atoms with Crippen molar-refractivity contribution in [3.8, 4) is 17.1 Å². The maximum absolute atomic E-state index is 12.9. The number of carbonyl (C=O) groups excluding carboxylic acids is 1. The van der Waals surface area contributed by atoms with Crippen LogP contribution in [0.3, 0.4) is 0 Å². The van der Waals surface area contributed by atoms with Crippen molar-refractivity contribution in [1.29, 1.82) is 0 Å². The molecular weight excluding hydrogens is 396 g/mol. The standard InChI is InChI=1S/C21H20N8O2/c1-15-24-19(13-20(25-15)29-7-3-6-23-29)27-8-10-28(11-9-27)21(30)17-12-18(31-26-17)16-4-2-5-22-14-16/h2-7,12-14H,8-11H2,1H3. The Hall–Kier alpha value is -4.08. The van der Waals surface area contributed by atoms with Crippen molar-refractivity contribution in [2.24, 2.45) is 0 Å². The molecule has 1 saturated heterocycles. The van der Waals surface area contributed by atoms with Crippen molar-refractivity contribution in [3.05, 3.63) is 66.6 Å². The lowest BCUT2D eigenvalue weighted by Gasteiger charge is -2.35. The van der Waals surface area contributed by atoms with E-state index in [1.54, 1.807) is 34.2 Å². The maximum atomic E-state index is 12.9. The number of rotatable bonds is 4. The van der Waals surface area contributed by atoms with Gasteiger partial charge < -0.3 is 14.3 Å². The lowest BCUT2D eigenvalue weighted by atomic mass is 10.2. The van der Waals surface area contributed by atoms with E-state index in [4.69, 9.17) is 4.52 Å². The van der Waals surface area contributed by atoms with Crippen LogP contribution in [0.1, 0.15) is 16.3 Å². The molecule has 1 fully saturated rings. The van der Waals surface area contributed by atoms with E-state index in [1.807, 2.05) is 37.4 Å². The molecule has 5 heterocycles. The fraction of sp³-hybridized carbons (Fsp3) is 0.238. The van der Waals surface area contributed by atoms with Crippen molar-refractivity contribution in [1.82, 2.24) is 34.8 Å². The zero-order valence-electron chi connectivity index (χ0n) is 16.9. The summed E-state index contributed by atoms with van der Waals surface area (Å²) in [5.41, 5.74) is 1.08. The first-order valence-corrected chi connectivity index (χ1v) is 9.94. The Bertz CT molecular complexity index is 1180. The average Bonchev–Trinajstić information content (AvgIpc) is 3.52. The van der Waals surface area contributed by atoms with Crippen molar-refractivity contribution in [2.45, 2.75) is 6.92 Å². The number of nitrogens with zero attached hydrogens (tertiary/aromatic N) is 8. The van der Waals surface area contributed by atoms with E-state index in [2.05, 4.69) is 30.1 Å². The zero-order valence-corrected chi connectivity index (χ0v) is 16.9. The summed E-state index contributed by atoms with van der Waals surface area (Å²) in [4.78, 5) is 29.9. The normalized spacial score (nSPS) is 14.1. The highest BCUT2D eigenvalue weighted by Gasteiger charge is 2.26. The average molecular weight is 416 g/mol. The fourth-order valence-electron chi connectivity index (χ4n) is 3.54. The Kier molecular flexibility index (Phi) is 4.87. The number of aromatic nitrogens is 6. The third-order valence-corrected chi connectivity index (χ3v) is 5.12. The number of carbonyl (C=O) groups is 1. The lowest BCUT2D eigenvalue weighted by Crippen LogP contribution is -2.49. The Balaban J connectivity index is 1.27. The minimum Gasteiger partial charge on any atom is -0.355 e. The van der Waals surface area contributed by atoms with E-state index in [9.17, 15) is 4.79 Å². The molecular formula is C21H20N8O2. The number of hydrogen-bond donors (Lipinski definition) is 0. The largest absolute Gasteiger partial charge is 0.355 e. The summed E-state index contributed by atoms with van der Waals surface area (Å²) < 4.78 is 7.05. The Morgan fingerprint density at radius 1 is 1.03 bits per heavy atom. The van der Waals surface area contributed by atoms with Gasteiger partial charge in [-0.05, 0) is 25.1 Å². The summed E-state index contributed by atoms with van der Waals surface area (Å²) in [5.74, 6) is 2.60. The highest BCUT2D eigenvalue weighted by atomic mass is 16.5. The maximum Gasteiger partial charge on any atom is 0.276 e. The van der Waals surface area contributed by atoms with Gasteiger partial charge in [-0.25, -0.2) is 14.6 Å². The van der Waals surface area contributed by atoms with E-state index >= 15 is 0 Å². The molecule has 0 unspecified atom stereocenters. The SMILES string of the molecule is Cc1nc(N2CCN(C(=O)c3cc(-c4cccnc4)on3)CC2)cc(-n2cccn2)n1. The first-order chi connectivity index (χ1) is 15.2. The second-order valence-electron chi connectivity index (χ2n) is 7.18. The predicted molar refractivity (Wildman–Crippen MR) is 112 cm³/mol. The van der Waals surface area contributed by atoms with E-state index < -0.39 is 0 Å². The Morgan fingerprint density at radius 3 is 2.61 bits per heavy atom. The molecule has 0 spiro atoms. The van der Waals surface area contributed by atoms with Gasteiger partial charge in [0, 0.05) is 68.7 Å². The quantitative estimate of drug-likeness (QED) is 0.497. The van der Waals surface area contributed by atoms with Gasteiger partial charge in [0.25, 0.3) is 5.91 Å². The van der Waals surface area contributed by atoms with Gasteiger partial charge in [-0.2, -0.15) is 5.10 Å². The smallest absolute Gasteiger partial charge is 0.276 e. The molecule has 1 aliphatic rings. The monoisotopic (exact) mass is 416 g/mol. The van der Waals surface area contributed by atoms with Gasteiger partial charge in [-0.1, -0.05) is 5.16 Å². The minimum absolute atomic E-state index is 0.144. The van der Waals surface area contributed by atoms with Crippen LogP contribution in [0.4, 0.5) is 5.82 Å². The van der Waals surface area contributed by atoms with Gasteiger partial charge in [0.05, 0.1) is 0 Å². The molecule has 0 bridgehead atoms. The third-order valence-electron chi connectivity index (χ3n) is 5.12. The first kappa shape index (κ1) is 18.9. The third kappa shape index (κ3) is 3.87. The van der Waals surface area contributed by atoms with Crippen LogP contribution in [-0.2, 0) is 0 Å². The number of aryl methyl sites for hydroxylation is 1. The molecule has 5 rings (SSSR count). The van der Waals surface area contributed by atoms with Crippen LogP contribution >= 0.6 is 0 Å². The molecule has 0 saturated carbocycles. The zero-order chi connectivity index (χ0) is 21.2. The van der Waals surface area contributed by atoms with Gasteiger partial charge in [-0.3, -0.25) is 9.78 Å². The number of amides is 1. The lowest BCUT2D eigenvalue weighted by molar-refractivity contribution is 0.0736. The summed E-state index contributed by atoms with van der Waals surface area (Å²) in [6.45, 7) is 4.31. The van der Waals surface area contributed by atoms with Crippen molar-refractivity contribution in [3.63, 3.8) is 0 Å². The van der Waals surface area contributed by atoms with Gasteiger partial charge in [0.2, 0.25) is 0 Å². The predicted octanol–water partition coefficient (Wildman–Crippen LogP) is 1.98. The molecule has 1 amide bonds. The molecule has 156 valence electrons. The van der Waals surface area contributed by atoms with Gasteiger partial charge in [0.15, 0.2) is 17.3 Å². The number of hydrogen-bond acceptors (Lipinski definition) is 8. The number of pyridine rings is 1. The topological polar surface area (TPSA) is 106 Å². The molecule has 0 atom stereocenters.